The molecule has 1 aliphatic rings. The molecule has 1 aliphatic heterocycles. The number of nitrogens with zero attached hydrogens (tertiary/aromatic N) is 3. The Hall–Kier alpha value is -3.06. The lowest BCUT2D eigenvalue weighted by molar-refractivity contribution is -0.134. The third kappa shape index (κ3) is 3.66. The number of fused-ring (bicyclic) bond motifs is 1. The number of hydrogen-bond acceptors (Lipinski definition) is 5. The van der Waals surface area contributed by atoms with Crippen molar-refractivity contribution in [3.8, 4) is 17.1 Å². The van der Waals surface area contributed by atoms with E-state index in [1.165, 1.54) is 6.07 Å². The summed E-state index contributed by atoms with van der Waals surface area (Å²) in [6, 6.07) is 11.9. The van der Waals surface area contributed by atoms with Crippen LogP contribution >= 0.6 is 0 Å². The van der Waals surface area contributed by atoms with Gasteiger partial charge in [0, 0.05) is 18.0 Å². The molecule has 0 radical (unpaired) electrons. The Morgan fingerprint density at radius 1 is 1.25 bits per heavy atom. The molecule has 6 nitrogen and oxygen atoms in total. The predicted molar refractivity (Wildman–Crippen MR) is 102 cm³/mol. The molecule has 3 aromatic rings. The first-order valence-electron chi connectivity index (χ1n) is 9.20. The molecule has 4 rings (SSSR count). The van der Waals surface area contributed by atoms with E-state index in [1.807, 2.05) is 24.3 Å². The van der Waals surface area contributed by atoms with Gasteiger partial charge in [-0.2, -0.15) is 0 Å². The van der Waals surface area contributed by atoms with Crippen LogP contribution in [0.15, 0.2) is 48.7 Å². The zero-order chi connectivity index (χ0) is 19.5. The zero-order valence-electron chi connectivity index (χ0n) is 15.2. The molecule has 0 saturated carbocycles. The molecule has 2 aromatic heterocycles. The van der Waals surface area contributed by atoms with Crippen LogP contribution in [0.5, 0.6) is 5.75 Å². The van der Waals surface area contributed by atoms with Crippen molar-refractivity contribution in [2.45, 2.75) is 18.9 Å². The molecule has 1 atom stereocenters. The first-order chi connectivity index (χ1) is 13.7. The maximum Gasteiger partial charge on any atom is 0.260 e. The van der Waals surface area contributed by atoms with Gasteiger partial charge in [0.05, 0.1) is 35.8 Å². The lowest BCUT2D eigenvalue weighted by Crippen LogP contribution is -2.40. The molecule has 1 N–H and O–H groups in total. The monoisotopic (exact) mass is 381 g/mol. The van der Waals surface area contributed by atoms with Gasteiger partial charge >= 0.3 is 0 Å². The van der Waals surface area contributed by atoms with Crippen LogP contribution in [0.3, 0.4) is 0 Å². The largest absolute Gasteiger partial charge is 0.483 e. The normalized spacial score (nSPS) is 16.5. The summed E-state index contributed by atoms with van der Waals surface area (Å²) in [7, 11) is 0. The SMILES string of the molecule is O=C(COc1cc(-c2ccc(F)cn2)nc2ccccc12)N1CCC[C@@H]1CO. The molecule has 3 heterocycles. The van der Waals surface area contributed by atoms with E-state index in [2.05, 4.69) is 9.97 Å². The third-order valence-corrected chi connectivity index (χ3v) is 4.93. The van der Waals surface area contributed by atoms with Crippen LogP contribution in [0.4, 0.5) is 4.39 Å². The van der Waals surface area contributed by atoms with Crippen molar-refractivity contribution in [2.24, 2.45) is 0 Å². The standard InChI is InChI=1S/C21H20FN3O3/c22-14-7-8-18(23-11-14)19-10-20(16-5-1-2-6-17(16)24-19)28-13-21(27)25-9-3-4-15(25)12-26/h1-2,5-8,10-11,15,26H,3-4,9,12-13H2/t15-/m1/s1. The summed E-state index contributed by atoms with van der Waals surface area (Å²) in [5, 5.41) is 10.2. The molecule has 28 heavy (non-hydrogen) atoms. The Kier molecular flexibility index (Phi) is 5.16. The zero-order valence-corrected chi connectivity index (χ0v) is 15.2. The van der Waals surface area contributed by atoms with E-state index >= 15 is 0 Å². The number of aliphatic hydroxyl groups is 1. The lowest BCUT2D eigenvalue weighted by Gasteiger charge is -2.23. The molecule has 7 heteroatoms. The van der Waals surface area contributed by atoms with E-state index in [0.29, 0.717) is 29.2 Å². The highest BCUT2D eigenvalue weighted by Crippen LogP contribution is 2.29. The number of likely N-dealkylation sites (tertiary alicyclic amines) is 1. The van der Waals surface area contributed by atoms with Gasteiger partial charge in [0.25, 0.3) is 5.91 Å². The summed E-state index contributed by atoms with van der Waals surface area (Å²) in [6.07, 6.45) is 2.83. The minimum atomic E-state index is -0.421. The van der Waals surface area contributed by atoms with Crippen molar-refractivity contribution >= 4 is 16.8 Å². The van der Waals surface area contributed by atoms with E-state index in [4.69, 9.17) is 4.74 Å². The number of aromatic nitrogens is 2. The molecular formula is C21H20FN3O3. The van der Waals surface area contributed by atoms with Crippen molar-refractivity contribution in [1.29, 1.82) is 0 Å². The number of benzene rings is 1. The van der Waals surface area contributed by atoms with Crippen LogP contribution in [0, 0.1) is 5.82 Å². The quantitative estimate of drug-likeness (QED) is 0.736. The van der Waals surface area contributed by atoms with Crippen molar-refractivity contribution in [1.82, 2.24) is 14.9 Å². The third-order valence-electron chi connectivity index (χ3n) is 4.93. The molecule has 0 aliphatic carbocycles. The highest BCUT2D eigenvalue weighted by atomic mass is 19.1. The van der Waals surface area contributed by atoms with Gasteiger partial charge in [-0.1, -0.05) is 12.1 Å². The van der Waals surface area contributed by atoms with Gasteiger partial charge in [0.2, 0.25) is 0 Å². The van der Waals surface area contributed by atoms with Gasteiger partial charge in [-0.05, 0) is 37.1 Å². The van der Waals surface area contributed by atoms with E-state index < -0.39 is 5.82 Å². The van der Waals surface area contributed by atoms with Crippen LogP contribution in [0.25, 0.3) is 22.3 Å². The minimum Gasteiger partial charge on any atom is -0.483 e. The number of ether oxygens (including phenoxy) is 1. The van der Waals surface area contributed by atoms with E-state index in [-0.39, 0.29) is 25.2 Å². The van der Waals surface area contributed by atoms with Gasteiger partial charge in [0.1, 0.15) is 11.6 Å². The number of aliphatic hydroxyl groups excluding tert-OH is 1. The van der Waals surface area contributed by atoms with Crippen LogP contribution in [0.1, 0.15) is 12.8 Å². The number of para-hydroxylation sites is 1. The van der Waals surface area contributed by atoms with E-state index in [9.17, 15) is 14.3 Å². The molecule has 0 bridgehead atoms. The fourth-order valence-electron chi connectivity index (χ4n) is 3.50. The van der Waals surface area contributed by atoms with E-state index in [0.717, 1.165) is 24.4 Å². The van der Waals surface area contributed by atoms with Crippen molar-refractivity contribution < 1.29 is 19.0 Å². The minimum absolute atomic E-state index is 0.0374. The first-order valence-corrected chi connectivity index (χ1v) is 9.20. The Balaban J connectivity index is 1.62. The van der Waals surface area contributed by atoms with E-state index in [1.54, 1.807) is 17.0 Å². The molecule has 144 valence electrons. The molecule has 1 saturated heterocycles. The maximum atomic E-state index is 13.2. The second kappa shape index (κ2) is 7.90. The topological polar surface area (TPSA) is 75.5 Å². The predicted octanol–water partition coefficient (Wildman–Crippen LogP) is 2.80. The Labute approximate surface area is 161 Å². The van der Waals surface area contributed by atoms with Crippen LogP contribution in [0.2, 0.25) is 0 Å². The highest BCUT2D eigenvalue weighted by molar-refractivity contribution is 5.88. The van der Waals surface area contributed by atoms with Crippen molar-refractivity contribution in [3.05, 3.63) is 54.5 Å². The second-order valence-corrected chi connectivity index (χ2v) is 6.74. The van der Waals surface area contributed by atoms with Gasteiger partial charge in [-0.25, -0.2) is 9.37 Å². The van der Waals surface area contributed by atoms with Gasteiger partial charge in [-0.15, -0.1) is 0 Å². The molecule has 0 spiro atoms. The summed E-state index contributed by atoms with van der Waals surface area (Å²) in [5.74, 6) is -0.0608. The molecule has 0 unspecified atom stereocenters. The van der Waals surface area contributed by atoms with Gasteiger partial charge < -0.3 is 14.7 Å². The fraction of sp³-hybridized carbons (Fsp3) is 0.286. The maximum absolute atomic E-state index is 13.2. The number of rotatable bonds is 5. The Morgan fingerprint density at radius 3 is 2.89 bits per heavy atom. The number of halogens is 1. The highest BCUT2D eigenvalue weighted by Gasteiger charge is 2.28. The number of pyridine rings is 2. The van der Waals surface area contributed by atoms with Gasteiger partial charge in [-0.3, -0.25) is 9.78 Å². The summed E-state index contributed by atoms with van der Waals surface area (Å²) < 4.78 is 19.0. The smallest absolute Gasteiger partial charge is 0.260 e. The Bertz CT molecular complexity index is 994. The lowest BCUT2D eigenvalue weighted by atomic mass is 10.1. The average molecular weight is 381 g/mol. The number of carbonyl (C=O) groups is 1. The fourth-order valence-corrected chi connectivity index (χ4v) is 3.50. The summed E-state index contributed by atoms with van der Waals surface area (Å²) in [4.78, 5) is 22.9. The van der Waals surface area contributed by atoms with Crippen LogP contribution in [-0.2, 0) is 4.79 Å². The summed E-state index contributed by atoms with van der Waals surface area (Å²) in [5.41, 5.74) is 1.75. The molecule has 1 aromatic carbocycles. The molecule has 1 amide bonds. The molecular weight excluding hydrogens is 361 g/mol. The van der Waals surface area contributed by atoms with Crippen LogP contribution < -0.4 is 4.74 Å². The molecule has 1 fully saturated rings. The Morgan fingerprint density at radius 2 is 2.11 bits per heavy atom. The number of hydrogen-bond donors (Lipinski definition) is 1. The first kappa shape index (κ1) is 18.3. The van der Waals surface area contributed by atoms with Crippen molar-refractivity contribution in [3.63, 3.8) is 0 Å². The van der Waals surface area contributed by atoms with Gasteiger partial charge in [0.15, 0.2) is 6.61 Å². The summed E-state index contributed by atoms with van der Waals surface area (Å²) in [6.45, 7) is 0.473. The average Bonchev–Trinajstić information content (AvgIpc) is 3.21. The van der Waals surface area contributed by atoms with Crippen molar-refractivity contribution in [2.75, 3.05) is 19.8 Å². The number of carbonyl (C=O) groups excluding carboxylic acids is 1. The second-order valence-electron chi connectivity index (χ2n) is 6.74. The number of amides is 1. The van der Waals surface area contributed by atoms with Crippen LogP contribution in [-0.4, -0.2) is 51.7 Å². The summed E-state index contributed by atoms with van der Waals surface area (Å²) >= 11 is 0.